The van der Waals surface area contributed by atoms with Crippen LogP contribution in [0.3, 0.4) is 0 Å². The van der Waals surface area contributed by atoms with Crippen molar-refractivity contribution >= 4 is 6.21 Å². The molecule has 2 heteroatoms. The maximum atomic E-state index is 9.05. The third-order valence-electron chi connectivity index (χ3n) is 1.25. The minimum absolute atomic E-state index is 0.292. The van der Waals surface area contributed by atoms with E-state index in [9.17, 15) is 0 Å². The van der Waals surface area contributed by atoms with Crippen LogP contribution in [-0.4, -0.2) is 11.3 Å². The molecule has 0 aromatic carbocycles. The summed E-state index contributed by atoms with van der Waals surface area (Å²) < 4.78 is 0. The van der Waals surface area contributed by atoms with E-state index in [0.717, 1.165) is 12.0 Å². The maximum absolute atomic E-state index is 9.05. The third-order valence-corrected chi connectivity index (χ3v) is 1.25. The Balaban J connectivity index is 2.85. The monoisotopic (exact) mass is 123 g/mol. The molecule has 9 heavy (non-hydrogen) atoms. The topological polar surface area (TPSA) is 32.6 Å². The maximum Gasteiger partial charge on any atom is 0.133 e. The van der Waals surface area contributed by atoms with Gasteiger partial charge in [-0.1, -0.05) is 6.08 Å². The molecule has 0 aliphatic carbocycles. The molecule has 48 valence electrons. The first-order chi connectivity index (χ1) is 4.30. The first-order valence-corrected chi connectivity index (χ1v) is 2.87. The number of aliphatic hydroxyl groups excluding tert-OH is 1. The van der Waals surface area contributed by atoms with Crippen LogP contribution in [0.5, 0.6) is 0 Å². The third kappa shape index (κ3) is 1.42. The molecular weight excluding hydrogens is 114 g/mol. The Labute approximate surface area is 54.2 Å². The normalized spacial score (nSPS) is 18.3. The fourth-order valence-corrected chi connectivity index (χ4v) is 0.619. The van der Waals surface area contributed by atoms with Crippen molar-refractivity contribution in [3.63, 3.8) is 0 Å². The van der Waals surface area contributed by atoms with Gasteiger partial charge in [0.15, 0.2) is 0 Å². The van der Waals surface area contributed by atoms with Crippen molar-refractivity contribution in [2.45, 2.75) is 13.3 Å². The van der Waals surface area contributed by atoms with Gasteiger partial charge < -0.3 is 5.11 Å². The molecule has 1 rings (SSSR count). The Bertz CT molecular complexity index is 189. The van der Waals surface area contributed by atoms with Crippen LogP contribution < -0.4 is 0 Å². The van der Waals surface area contributed by atoms with Gasteiger partial charge in [0.2, 0.25) is 0 Å². The van der Waals surface area contributed by atoms with Crippen LogP contribution in [0, 0.1) is 0 Å². The molecule has 0 atom stereocenters. The summed E-state index contributed by atoms with van der Waals surface area (Å²) in [7, 11) is 0. The Morgan fingerprint density at radius 3 is 3.22 bits per heavy atom. The zero-order valence-electron chi connectivity index (χ0n) is 5.33. The van der Waals surface area contributed by atoms with Crippen LogP contribution in [-0.2, 0) is 0 Å². The second kappa shape index (κ2) is 2.49. The van der Waals surface area contributed by atoms with Crippen LogP contribution in [0.4, 0.5) is 0 Å². The van der Waals surface area contributed by atoms with Crippen molar-refractivity contribution < 1.29 is 5.11 Å². The van der Waals surface area contributed by atoms with E-state index in [1.807, 2.05) is 13.0 Å². The van der Waals surface area contributed by atoms with E-state index >= 15 is 0 Å². The highest BCUT2D eigenvalue weighted by Gasteiger charge is 1.95. The predicted octanol–water partition coefficient (Wildman–Crippen LogP) is 1.81. The van der Waals surface area contributed by atoms with E-state index < -0.39 is 0 Å². The Morgan fingerprint density at radius 2 is 2.44 bits per heavy atom. The minimum atomic E-state index is 0.292. The van der Waals surface area contributed by atoms with Gasteiger partial charge in [0.1, 0.15) is 5.76 Å². The Hall–Kier alpha value is -1.05. The van der Waals surface area contributed by atoms with Crippen LogP contribution in [0.15, 0.2) is 28.6 Å². The quantitative estimate of drug-likeness (QED) is 0.523. The van der Waals surface area contributed by atoms with Gasteiger partial charge in [-0.05, 0) is 18.9 Å². The summed E-state index contributed by atoms with van der Waals surface area (Å²) in [6.07, 6.45) is 5.85. The summed E-state index contributed by atoms with van der Waals surface area (Å²) >= 11 is 0. The Morgan fingerprint density at radius 1 is 1.67 bits per heavy atom. The molecule has 1 heterocycles. The van der Waals surface area contributed by atoms with Crippen molar-refractivity contribution in [2.24, 2.45) is 4.99 Å². The summed E-state index contributed by atoms with van der Waals surface area (Å²) in [4.78, 5) is 3.79. The van der Waals surface area contributed by atoms with E-state index in [4.69, 9.17) is 5.11 Å². The van der Waals surface area contributed by atoms with Crippen LogP contribution in [0.1, 0.15) is 13.3 Å². The molecule has 0 fully saturated rings. The lowest BCUT2D eigenvalue weighted by molar-refractivity contribution is 0.439. The average Bonchev–Trinajstić information content (AvgIpc) is 1.99. The highest BCUT2D eigenvalue weighted by molar-refractivity contribution is 5.77. The Kier molecular flexibility index (Phi) is 1.68. The number of aliphatic hydroxyl groups is 1. The summed E-state index contributed by atoms with van der Waals surface area (Å²) in [5.41, 5.74) is 0.965. The van der Waals surface area contributed by atoms with E-state index in [2.05, 4.69) is 4.99 Å². The van der Waals surface area contributed by atoms with Crippen molar-refractivity contribution in [2.75, 3.05) is 0 Å². The number of nitrogens with zero attached hydrogens (tertiary/aromatic N) is 1. The van der Waals surface area contributed by atoms with Crippen molar-refractivity contribution in [1.82, 2.24) is 0 Å². The fraction of sp³-hybridized carbons (Fsp3) is 0.286. The molecule has 0 amide bonds. The SMILES string of the molecule is CC1=C(O)C=NC=CC1. The second-order valence-corrected chi connectivity index (χ2v) is 2.03. The zero-order valence-corrected chi connectivity index (χ0v) is 5.33. The highest BCUT2D eigenvalue weighted by atomic mass is 16.3. The minimum Gasteiger partial charge on any atom is -0.506 e. The largest absolute Gasteiger partial charge is 0.506 e. The molecule has 1 aliphatic rings. The standard InChI is InChI=1S/C7H9NO/c1-6-3-2-4-8-5-7(6)9/h2,4-5,9H,3H2,1H3. The smallest absolute Gasteiger partial charge is 0.133 e. The fourth-order valence-electron chi connectivity index (χ4n) is 0.619. The van der Waals surface area contributed by atoms with Gasteiger partial charge in [-0.15, -0.1) is 0 Å². The van der Waals surface area contributed by atoms with Gasteiger partial charge in [0.05, 0.1) is 6.21 Å². The van der Waals surface area contributed by atoms with Gasteiger partial charge >= 0.3 is 0 Å². The zero-order chi connectivity index (χ0) is 6.69. The average molecular weight is 123 g/mol. The van der Waals surface area contributed by atoms with Crippen LogP contribution in [0.25, 0.3) is 0 Å². The molecule has 0 radical (unpaired) electrons. The molecule has 2 nitrogen and oxygen atoms in total. The van der Waals surface area contributed by atoms with Crippen molar-refractivity contribution in [1.29, 1.82) is 0 Å². The molecule has 0 spiro atoms. The van der Waals surface area contributed by atoms with Crippen LogP contribution >= 0.6 is 0 Å². The van der Waals surface area contributed by atoms with Crippen LogP contribution in [0.2, 0.25) is 0 Å². The lowest BCUT2D eigenvalue weighted by atomic mass is 10.2. The number of hydrogen-bond acceptors (Lipinski definition) is 2. The number of allylic oxidation sites excluding steroid dienone is 3. The lowest BCUT2D eigenvalue weighted by Gasteiger charge is -1.93. The first kappa shape index (κ1) is 6.08. The molecule has 0 aromatic rings. The molecule has 0 saturated heterocycles. The molecule has 0 bridgehead atoms. The summed E-state index contributed by atoms with van der Waals surface area (Å²) in [6, 6.07) is 0. The molecular formula is C7H9NO. The van der Waals surface area contributed by atoms with Crippen molar-refractivity contribution in [3.8, 4) is 0 Å². The van der Waals surface area contributed by atoms with E-state index in [0.29, 0.717) is 5.76 Å². The summed E-state index contributed by atoms with van der Waals surface area (Å²) in [6.45, 7) is 1.89. The van der Waals surface area contributed by atoms with E-state index in [-0.39, 0.29) is 0 Å². The van der Waals surface area contributed by atoms with Gasteiger partial charge in [0, 0.05) is 6.20 Å². The molecule has 0 unspecified atom stereocenters. The van der Waals surface area contributed by atoms with Gasteiger partial charge in [-0.25, -0.2) is 0 Å². The molecule has 0 saturated carbocycles. The number of hydrogen-bond donors (Lipinski definition) is 1. The number of aliphatic imine (C=N–C) groups is 1. The second-order valence-electron chi connectivity index (χ2n) is 2.03. The summed E-state index contributed by atoms with van der Waals surface area (Å²) in [5.74, 6) is 0.292. The van der Waals surface area contributed by atoms with Gasteiger partial charge in [-0.2, -0.15) is 0 Å². The highest BCUT2D eigenvalue weighted by Crippen LogP contribution is 2.07. The molecule has 0 aromatic heterocycles. The van der Waals surface area contributed by atoms with Crippen molar-refractivity contribution in [3.05, 3.63) is 23.6 Å². The molecule has 1 aliphatic heterocycles. The summed E-state index contributed by atoms with van der Waals surface area (Å²) in [5, 5.41) is 9.05. The van der Waals surface area contributed by atoms with Gasteiger partial charge in [0.25, 0.3) is 0 Å². The lowest BCUT2D eigenvalue weighted by Crippen LogP contribution is -1.85. The first-order valence-electron chi connectivity index (χ1n) is 2.87. The van der Waals surface area contributed by atoms with Gasteiger partial charge in [-0.3, -0.25) is 4.99 Å². The molecule has 1 N–H and O–H groups in total. The number of rotatable bonds is 0. The predicted molar refractivity (Wildman–Crippen MR) is 37.6 cm³/mol. The van der Waals surface area contributed by atoms with E-state index in [1.54, 1.807) is 6.20 Å². The van der Waals surface area contributed by atoms with E-state index in [1.165, 1.54) is 6.21 Å².